The molecule has 1 aromatic carbocycles. The molecule has 0 amide bonds. The highest BCUT2D eigenvalue weighted by Gasteiger charge is 2.39. The minimum absolute atomic E-state index is 0.102. The molecule has 1 aromatic rings. The Morgan fingerprint density at radius 1 is 1.24 bits per heavy atom. The van der Waals surface area contributed by atoms with E-state index in [1.54, 1.807) is 19.1 Å². The SMILES string of the molecule is CCOC(=O)C1=C(CC)NC2=C(C(=O)CCC2)C1c1ccc(Cl)cc1. The molecule has 132 valence electrons. The van der Waals surface area contributed by atoms with Crippen molar-refractivity contribution >= 4 is 23.4 Å². The Morgan fingerprint density at radius 3 is 2.60 bits per heavy atom. The summed E-state index contributed by atoms with van der Waals surface area (Å²) >= 11 is 6.03. The number of carbonyl (C=O) groups excluding carboxylic acids is 2. The van der Waals surface area contributed by atoms with Crippen molar-refractivity contribution in [2.24, 2.45) is 0 Å². The van der Waals surface area contributed by atoms with Crippen LogP contribution in [0.1, 0.15) is 51.0 Å². The van der Waals surface area contributed by atoms with E-state index in [0.29, 0.717) is 35.6 Å². The number of allylic oxidation sites excluding steroid dienone is 3. The third-order valence-corrected chi connectivity index (χ3v) is 4.96. The molecule has 2 aliphatic rings. The Morgan fingerprint density at radius 2 is 1.96 bits per heavy atom. The second kappa shape index (κ2) is 7.44. The van der Waals surface area contributed by atoms with E-state index < -0.39 is 5.92 Å². The number of hydrogen-bond acceptors (Lipinski definition) is 4. The van der Waals surface area contributed by atoms with E-state index in [1.807, 2.05) is 19.1 Å². The van der Waals surface area contributed by atoms with E-state index in [4.69, 9.17) is 16.3 Å². The third-order valence-electron chi connectivity index (χ3n) is 4.71. The zero-order chi connectivity index (χ0) is 18.0. The second-order valence-corrected chi connectivity index (χ2v) is 6.68. The van der Waals surface area contributed by atoms with E-state index in [0.717, 1.165) is 29.8 Å². The zero-order valence-corrected chi connectivity index (χ0v) is 15.3. The molecule has 0 fully saturated rings. The summed E-state index contributed by atoms with van der Waals surface area (Å²) in [6.45, 7) is 4.08. The van der Waals surface area contributed by atoms with Crippen LogP contribution in [0.15, 0.2) is 46.8 Å². The van der Waals surface area contributed by atoms with Gasteiger partial charge in [-0.2, -0.15) is 0 Å². The molecule has 5 heteroatoms. The largest absolute Gasteiger partial charge is 0.463 e. The summed E-state index contributed by atoms with van der Waals surface area (Å²) in [4.78, 5) is 25.4. The first-order valence-electron chi connectivity index (χ1n) is 8.75. The van der Waals surface area contributed by atoms with Crippen LogP contribution in [0.25, 0.3) is 0 Å². The fourth-order valence-corrected chi connectivity index (χ4v) is 3.74. The molecular formula is C20H22ClNO3. The maximum atomic E-state index is 12.7. The molecule has 1 atom stereocenters. The van der Waals surface area contributed by atoms with Gasteiger partial charge in [-0.05, 0) is 43.9 Å². The Bertz CT molecular complexity index is 762. The summed E-state index contributed by atoms with van der Waals surface area (Å²) < 4.78 is 5.31. The number of benzene rings is 1. The Balaban J connectivity index is 2.18. The number of dihydropyridines is 1. The van der Waals surface area contributed by atoms with Gasteiger partial charge in [0, 0.05) is 34.3 Å². The lowest BCUT2D eigenvalue weighted by molar-refractivity contribution is -0.138. The molecule has 0 spiro atoms. The number of ether oxygens (including phenoxy) is 1. The van der Waals surface area contributed by atoms with Gasteiger partial charge in [-0.25, -0.2) is 4.79 Å². The average molecular weight is 360 g/mol. The lowest BCUT2D eigenvalue weighted by Gasteiger charge is -2.34. The Kier molecular flexibility index (Phi) is 5.28. The predicted molar refractivity (Wildman–Crippen MR) is 97.2 cm³/mol. The lowest BCUT2D eigenvalue weighted by Crippen LogP contribution is -2.35. The van der Waals surface area contributed by atoms with Crippen LogP contribution < -0.4 is 5.32 Å². The molecule has 0 saturated carbocycles. The number of hydrogen-bond donors (Lipinski definition) is 1. The van der Waals surface area contributed by atoms with Crippen molar-refractivity contribution in [3.63, 3.8) is 0 Å². The van der Waals surface area contributed by atoms with E-state index in [9.17, 15) is 9.59 Å². The van der Waals surface area contributed by atoms with Crippen LogP contribution in [-0.2, 0) is 14.3 Å². The maximum absolute atomic E-state index is 12.7. The molecule has 0 radical (unpaired) electrons. The lowest BCUT2D eigenvalue weighted by atomic mass is 9.75. The van der Waals surface area contributed by atoms with E-state index in [-0.39, 0.29) is 11.8 Å². The molecule has 0 saturated heterocycles. The smallest absolute Gasteiger partial charge is 0.336 e. The van der Waals surface area contributed by atoms with E-state index >= 15 is 0 Å². The number of rotatable bonds is 4. The summed E-state index contributed by atoms with van der Waals surface area (Å²) in [5, 5.41) is 3.97. The third kappa shape index (κ3) is 3.36. The minimum Gasteiger partial charge on any atom is -0.463 e. The number of Topliss-reactive ketones (excluding diaryl/α,β-unsaturated/α-hetero) is 1. The molecule has 4 nitrogen and oxygen atoms in total. The van der Waals surface area contributed by atoms with Gasteiger partial charge in [0.2, 0.25) is 0 Å². The van der Waals surface area contributed by atoms with Crippen LogP contribution in [-0.4, -0.2) is 18.4 Å². The Hall–Kier alpha value is -2.07. The second-order valence-electron chi connectivity index (χ2n) is 6.24. The van der Waals surface area contributed by atoms with Crippen LogP contribution in [0.5, 0.6) is 0 Å². The van der Waals surface area contributed by atoms with Crippen molar-refractivity contribution in [3.8, 4) is 0 Å². The number of carbonyl (C=O) groups is 2. The van der Waals surface area contributed by atoms with Crippen molar-refractivity contribution in [1.29, 1.82) is 0 Å². The van der Waals surface area contributed by atoms with Crippen LogP contribution >= 0.6 is 11.6 Å². The molecule has 1 aliphatic carbocycles. The number of nitrogens with one attached hydrogen (secondary N) is 1. The number of halogens is 1. The first kappa shape index (κ1) is 17.7. The topological polar surface area (TPSA) is 55.4 Å². The first-order chi connectivity index (χ1) is 12.1. The van der Waals surface area contributed by atoms with Gasteiger partial charge in [-0.1, -0.05) is 30.7 Å². The van der Waals surface area contributed by atoms with Crippen molar-refractivity contribution in [2.75, 3.05) is 6.61 Å². The fraction of sp³-hybridized carbons (Fsp3) is 0.400. The maximum Gasteiger partial charge on any atom is 0.336 e. The fourth-order valence-electron chi connectivity index (χ4n) is 3.61. The van der Waals surface area contributed by atoms with Crippen molar-refractivity contribution in [1.82, 2.24) is 5.32 Å². The van der Waals surface area contributed by atoms with E-state index in [1.165, 1.54) is 0 Å². The van der Waals surface area contributed by atoms with Crippen molar-refractivity contribution in [3.05, 3.63) is 57.4 Å². The molecule has 1 N–H and O–H groups in total. The quantitative estimate of drug-likeness (QED) is 0.816. The summed E-state index contributed by atoms with van der Waals surface area (Å²) in [5.41, 5.74) is 3.92. The highest BCUT2D eigenvalue weighted by atomic mass is 35.5. The van der Waals surface area contributed by atoms with E-state index in [2.05, 4.69) is 5.32 Å². The molecule has 0 aromatic heterocycles. The minimum atomic E-state index is -0.393. The average Bonchev–Trinajstić information content (AvgIpc) is 2.61. The van der Waals surface area contributed by atoms with Gasteiger partial charge in [0.1, 0.15) is 0 Å². The first-order valence-corrected chi connectivity index (χ1v) is 9.13. The van der Waals surface area contributed by atoms with Crippen molar-refractivity contribution < 1.29 is 14.3 Å². The van der Waals surface area contributed by atoms with Crippen LogP contribution in [0, 0.1) is 0 Å². The number of ketones is 1. The van der Waals surface area contributed by atoms with Crippen LogP contribution in [0.2, 0.25) is 5.02 Å². The van der Waals surface area contributed by atoms with Gasteiger partial charge in [-0.15, -0.1) is 0 Å². The predicted octanol–water partition coefficient (Wildman–Crippen LogP) is 4.26. The van der Waals surface area contributed by atoms with Crippen molar-refractivity contribution in [2.45, 2.75) is 45.4 Å². The van der Waals surface area contributed by atoms with Gasteiger partial charge in [-0.3, -0.25) is 4.79 Å². The zero-order valence-electron chi connectivity index (χ0n) is 14.5. The Labute approximate surface area is 152 Å². The summed E-state index contributed by atoms with van der Waals surface area (Å²) in [6, 6.07) is 7.36. The summed E-state index contributed by atoms with van der Waals surface area (Å²) in [5.74, 6) is -0.655. The molecular weight excluding hydrogens is 338 g/mol. The molecule has 1 heterocycles. The normalized spacial score (nSPS) is 20.3. The molecule has 25 heavy (non-hydrogen) atoms. The summed E-state index contributed by atoms with van der Waals surface area (Å²) in [6.07, 6.45) is 2.85. The summed E-state index contributed by atoms with van der Waals surface area (Å²) in [7, 11) is 0. The van der Waals surface area contributed by atoms with Gasteiger partial charge < -0.3 is 10.1 Å². The van der Waals surface area contributed by atoms with Gasteiger partial charge in [0.05, 0.1) is 12.2 Å². The van der Waals surface area contributed by atoms with Gasteiger partial charge in [0.25, 0.3) is 0 Å². The standard InChI is InChI=1S/C20H22ClNO3/c1-3-14-19(20(24)25-4-2)17(12-8-10-13(21)11-9-12)18-15(22-14)6-5-7-16(18)23/h8-11,17,22H,3-7H2,1-2H3. The van der Waals surface area contributed by atoms with Gasteiger partial charge >= 0.3 is 5.97 Å². The monoisotopic (exact) mass is 359 g/mol. The molecule has 1 aliphatic heterocycles. The van der Waals surface area contributed by atoms with Crippen LogP contribution in [0.4, 0.5) is 0 Å². The molecule has 3 rings (SSSR count). The van der Waals surface area contributed by atoms with Gasteiger partial charge in [0.15, 0.2) is 5.78 Å². The van der Waals surface area contributed by atoms with Crippen LogP contribution in [0.3, 0.4) is 0 Å². The molecule has 0 bridgehead atoms. The highest BCUT2D eigenvalue weighted by Crippen LogP contribution is 2.43. The number of esters is 1. The molecule has 1 unspecified atom stereocenters. The highest BCUT2D eigenvalue weighted by molar-refractivity contribution is 6.30.